The highest BCUT2D eigenvalue weighted by Crippen LogP contribution is 2.23. The van der Waals surface area contributed by atoms with Gasteiger partial charge in [-0.1, -0.05) is 26.0 Å². The van der Waals surface area contributed by atoms with Crippen LogP contribution in [0.25, 0.3) is 0 Å². The smallest absolute Gasteiger partial charge is 0.238 e. The highest BCUT2D eigenvalue weighted by atomic mass is 32.2. The number of thioether (sulfide) groups is 1. The zero-order valence-corrected chi connectivity index (χ0v) is 15.3. The van der Waals surface area contributed by atoms with E-state index < -0.39 is 0 Å². The fourth-order valence-corrected chi connectivity index (χ4v) is 3.66. The second kappa shape index (κ2) is 8.60. The lowest BCUT2D eigenvalue weighted by atomic mass is 10.1. The highest BCUT2D eigenvalue weighted by Gasteiger charge is 2.22. The van der Waals surface area contributed by atoms with Crippen LogP contribution in [0.1, 0.15) is 38.3 Å². The van der Waals surface area contributed by atoms with Crippen molar-refractivity contribution in [1.29, 1.82) is 0 Å². The van der Waals surface area contributed by atoms with Crippen LogP contribution in [-0.2, 0) is 11.3 Å². The van der Waals surface area contributed by atoms with Crippen molar-refractivity contribution in [2.75, 3.05) is 11.6 Å². The van der Waals surface area contributed by atoms with E-state index in [1.54, 1.807) is 11.8 Å². The lowest BCUT2D eigenvalue weighted by Crippen LogP contribution is -2.41. The highest BCUT2D eigenvalue weighted by molar-refractivity contribution is 7.99. The molecule has 0 bridgehead atoms. The van der Waals surface area contributed by atoms with Crippen LogP contribution in [0.3, 0.4) is 0 Å². The first kappa shape index (κ1) is 18.1. The maximum Gasteiger partial charge on any atom is 0.238 e. The zero-order valence-electron chi connectivity index (χ0n) is 14.5. The Morgan fingerprint density at radius 3 is 2.87 bits per heavy atom. The third-order valence-corrected chi connectivity index (χ3v) is 4.78. The molecule has 2 N–H and O–H groups in total. The number of nitrogens with one attached hydrogen (secondary N) is 2. The molecule has 0 aromatic heterocycles. The predicted octanol–water partition coefficient (Wildman–Crippen LogP) is 3.09. The van der Waals surface area contributed by atoms with Crippen LogP contribution in [0, 0.1) is 12.8 Å². The van der Waals surface area contributed by atoms with Gasteiger partial charge in [0.2, 0.25) is 5.91 Å². The molecule has 0 radical (unpaired) electrons. The summed E-state index contributed by atoms with van der Waals surface area (Å²) in [5.41, 5.74) is 2.20. The van der Waals surface area contributed by atoms with E-state index in [4.69, 9.17) is 4.74 Å². The molecule has 2 rings (SSSR count). The van der Waals surface area contributed by atoms with Crippen LogP contribution in [0.4, 0.5) is 0 Å². The van der Waals surface area contributed by atoms with Crippen molar-refractivity contribution < 1.29 is 9.53 Å². The molecule has 4 nitrogen and oxygen atoms in total. The molecular weight excluding hydrogens is 308 g/mol. The van der Waals surface area contributed by atoms with Gasteiger partial charge in [-0.25, -0.2) is 0 Å². The SMILES string of the molecule is Cc1ccc(CNC(=O)C2CSCN2)c(OC(C)CC(C)C)c1. The minimum Gasteiger partial charge on any atom is -0.490 e. The molecule has 1 aliphatic rings. The molecule has 0 saturated carbocycles. The molecular formula is C18H28N2O2S. The normalized spacial score (nSPS) is 18.9. The molecule has 1 heterocycles. The Labute approximate surface area is 143 Å². The number of carbonyl (C=O) groups is 1. The molecule has 1 saturated heterocycles. The van der Waals surface area contributed by atoms with Gasteiger partial charge in [-0.15, -0.1) is 11.8 Å². The van der Waals surface area contributed by atoms with E-state index in [-0.39, 0.29) is 18.1 Å². The minimum absolute atomic E-state index is 0.0664. The molecule has 1 aromatic rings. The Hall–Kier alpha value is -1.20. The molecule has 0 spiro atoms. The topological polar surface area (TPSA) is 50.4 Å². The van der Waals surface area contributed by atoms with Crippen LogP contribution in [0.15, 0.2) is 18.2 Å². The number of hydrogen-bond acceptors (Lipinski definition) is 4. The van der Waals surface area contributed by atoms with E-state index in [2.05, 4.69) is 50.5 Å². The standard InChI is InChI=1S/C18H28N2O2S/c1-12(2)7-14(4)22-17-8-13(3)5-6-15(17)9-19-18(21)16-10-23-11-20-16/h5-6,8,12,14,16,20H,7,9-11H2,1-4H3,(H,19,21). The maximum atomic E-state index is 12.1. The first-order chi connectivity index (χ1) is 11.0. The van der Waals surface area contributed by atoms with E-state index in [9.17, 15) is 4.79 Å². The van der Waals surface area contributed by atoms with Gasteiger partial charge in [0.25, 0.3) is 0 Å². The van der Waals surface area contributed by atoms with Crippen molar-refractivity contribution in [3.05, 3.63) is 29.3 Å². The average molecular weight is 337 g/mol. The summed E-state index contributed by atoms with van der Waals surface area (Å²) in [5, 5.41) is 6.21. The van der Waals surface area contributed by atoms with Crippen molar-refractivity contribution in [2.45, 2.75) is 52.8 Å². The van der Waals surface area contributed by atoms with E-state index in [0.717, 1.165) is 29.4 Å². The Morgan fingerprint density at radius 2 is 2.22 bits per heavy atom. The van der Waals surface area contributed by atoms with Crippen LogP contribution < -0.4 is 15.4 Å². The number of rotatable bonds is 7. The fraction of sp³-hybridized carbons (Fsp3) is 0.611. The van der Waals surface area contributed by atoms with Crippen LogP contribution in [0.2, 0.25) is 0 Å². The lowest BCUT2D eigenvalue weighted by Gasteiger charge is -2.20. The fourth-order valence-electron chi connectivity index (χ4n) is 2.72. The number of benzene rings is 1. The van der Waals surface area contributed by atoms with E-state index in [1.165, 1.54) is 5.56 Å². The minimum atomic E-state index is -0.0744. The largest absolute Gasteiger partial charge is 0.490 e. The summed E-state index contributed by atoms with van der Waals surface area (Å²) in [6, 6.07) is 6.09. The number of aryl methyl sites for hydroxylation is 1. The van der Waals surface area contributed by atoms with Crippen LogP contribution >= 0.6 is 11.8 Å². The first-order valence-electron chi connectivity index (χ1n) is 8.30. The molecule has 2 atom stereocenters. The van der Waals surface area contributed by atoms with Gasteiger partial charge in [0.1, 0.15) is 5.75 Å². The van der Waals surface area contributed by atoms with Gasteiger partial charge in [-0.3, -0.25) is 10.1 Å². The summed E-state index contributed by atoms with van der Waals surface area (Å²) >= 11 is 1.75. The van der Waals surface area contributed by atoms with E-state index in [1.807, 2.05) is 6.07 Å². The van der Waals surface area contributed by atoms with Crippen molar-refractivity contribution in [3.8, 4) is 5.75 Å². The van der Waals surface area contributed by atoms with E-state index >= 15 is 0 Å². The second-order valence-corrected chi connectivity index (χ2v) is 7.69. The number of carbonyl (C=O) groups excluding carboxylic acids is 1. The average Bonchev–Trinajstić information content (AvgIpc) is 2.99. The third-order valence-electron chi connectivity index (χ3n) is 3.84. The molecule has 1 aliphatic heterocycles. The predicted molar refractivity (Wildman–Crippen MR) is 96.8 cm³/mol. The summed E-state index contributed by atoms with van der Waals surface area (Å²) in [7, 11) is 0. The molecule has 23 heavy (non-hydrogen) atoms. The van der Waals surface area contributed by atoms with Gasteiger partial charge >= 0.3 is 0 Å². The van der Waals surface area contributed by atoms with Gasteiger partial charge < -0.3 is 10.1 Å². The van der Waals surface area contributed by atoms with Crippen molar-refractivity contribution in [2.24, 2.45) is 5.92 Å². The molecule has 5 heteroatoms. The van der Waals surface area contributed by atoms with E-state index in [0.29, 0.717) is 12.5 Å². The quantitative estimate of drug-likeness (QED) is 0.803. The van der Waals surface area contributed by atoms with Crippen LogP contribution in [0.5, 0.6) is 5.75 Å². The molecule has 0 aliphatic carbocycles. The maximum absolute atomic E-state index is 12.1. The second-order valence-electron chi connectivity index (χ2n) is 6.66. The van der Waals surface area contributed by atoms with Crippen molar-refractivity contribution in [3.63, 3.8) is 0 Å². The number of ether oxygens (including phenoxy) is 1. The first-order valence-corrected chi connectivity index (χ1v) is 9.46. The monoisotopic (exact) mass is 336 g/mol. The number of amides is 1. The van der Waals surface area contributed by atoms with Crippen molar-refractivity contribution >= 4 is 17.7 Å². The van der Waals surface area contributed by atoms with Gasteiger partial charge in [-0.2, -0.15) is 0 Å². The molecule has 1 amide bonds. The Kier molecular flexibility index (Phi) is 6.78. The Balaban J connectivity index is 1.98. The molecule has 1 aromatic carbocycles. The molecule has 2 unspecified atom stereocenters. The summed E-state index contributed by atoms with van der Waals surface area (Å²) in [6.07, 6.45) is 1.18. The third kappa shape index (κ3) is 5.74. The Bertz CT molecular complexity index is 528. The van der Waals surface area contributed by atoms with Gasteiger partial charge in [-0.05, 0) is 37.8 Å². The summed E-state index contributed by atoms with van der Waals surface area (Å²) in [4.78, 5) is 12.1. The van der Waals surface area contributed by atoms with Crippen molar-refractivity contribution in [1.82, 2.24) is 10.6 Å². The van der Waals surface area contributed by atoms with Gasteiger partial charge in [0.15, 0.2) is 0 Å². The van der Waals surface area contributed by atoms with Crippen LogP contribution in [-0.4, -0.2) is 29.7 Å². The summed E-state index contributed by atoms with van der Waals surface area (Å²) in [6.45, 7) is 9.06. The lowest BCUT2D eigenvalue weighted by molar-refractivity contribution is -0.122. The molecule has 128 valence electrons. The summed E-state index contributed by atoms with van der Waals surface area (Å²) in [5.74, 6) is 3.24. The number of hydrogen-bond donors (Lipinski definition) is 2. The van der Waals surface area contributed by atoms with Gasteiger partial charge in [0, 0.05) is 23.7 Å². The Morgan fingerprint density at radius 1 is 1.43 bits per heavy atom. The van der Waals surface area contributed by atoms with Gasteiger partial charge in [0.05, 0.1) is 12.1 Å². The summed E-state index contributed by atoms with van der Waals surface area (Å²) < 4.78 is 6.12. The zero-order chi connectivity index (χ0) is 16.8. The molecule has 1 fully saturated rings.